The Balaban J connectivity index is 1.86. The highest BCUT2D eigenvalue weighted by Crippen LogP contribution is 2.28. The Morgan fingerprint density at radius 3 is 2.58 bits per heavy atom. The van der Waals surface area contributed by atoms with Crippen molar-refractivity contribution in [2.75, 3.05) is 16.2 Å². The molecule has 26 heavy (non-hydrogen) atoms. The van der Waals surface area contributed by atoms with Gasteiger partial charge in [-0.3, -0.25) is 19.6 Å². The standard InChI is InChI=1S/C17H17N3O5S/c1-12-10-13(7-8-16(12)19-9-3-6-17(19)21)18-26(24,25)15-5-2-4-14(11-15)20(22)23/h2,4-5,7-8,10-11,18H,3,6,9H2,1H3. The van der Waals surface area contributed by atoms with E-state index in [1.165, 1.54) is 18.2 Å². The Bertz CT molecular complexity index is 988. The maximum Gasteiger partial charge on any atom is 0.270 e. The van der Waals surface area contributed by atoms with Crippen molar-refractivity contribution in [2.24, 2.45) is 0 Å². The average molecular weight is 375 g/mol. The minimum absolute atomic E-state index is 0.0537. The van der Waals surface area contributed by atoms with E-state index in [1.807, 2.05) is 0 Å². The lowest BCUT2D eigenvalue weighted by atomic mass is 10.1. The van der Waals surface area contributed by atoms with Gasteiger partial charge in [-0.05, 0) is 43.2 Å². The van der Waals surface area contributed by atoms with E-state index in [-0.39, 0.29) is 16.5 Å². The number of nitrogens with one attached hydrogen (secondary N) is 1. The van der Waals surface area contributed by atoms with E-state index in [4.69, 9.17) is 0 Å². The number of benzene rings is 2. The van der Waals surface area contributed by atoms with Crippen molar-refractivity contribution >= 4 is 33.0 Å². The maximum atomic E-state index is 12.5. The molecule has 1 N–H and O–H groups in total. The van der Waals surface area contributed by atoms with Crippen molar-refractivity contribution < 1.29 is 18.1 Å². The number of sulfonamides is 1. The van der Waals surface area contributed by atoms with Crippen LogP contribution >= 0.6 is 0 Å². The number of carbonyl (C=O) groups is 1. The molecular weight excluding hydrogens is 358 g/mol. The molecule has 0 bridgehead atoms. The van der Waals surface area contributed by atoms with E-state index in [9.17, 15) is 23.3 Å². The smallest absolute Gasteiger partial charge is 0.270 e. The van der Waals surface area contributed by atoms with Gasteiger partial charge in [-0.25, -0.2) is 8.42 Å². The third-order valence-electron chi connectivity index (χ3n) is 4.15. The molecule has 0 aliphatic carbocycles. The topological polar surface area (TPSA) is 110 Å². The zero-order valence-electron chi connectivity index (χ0n) is 14.0. The van der Waals surface area contributed by atoms with Gasteiger partial charge in [0, 0.05) is 36.5 Å². The van der Waals surface area contributed by atoms with Crippen molar-refractivity contribution in [3.63, 3.8) is 0 Å². The summed E-state index contributed by atoms with van der Waals surface area (Å²) in [6, 6.07) is 9.75. The second-order valence-corrected chi connectivity index (χ2v) is 7.69. The molecule has 0 spiro atoms. The number of hydrogen-bond acceptors (Lipinski definition) is 5. The molecule has 1 aliphatic heterocycles. The summed E-state index contributed by atoms with van der Waals surface area (Å²) in [5.41, 5.74) is 1.54. The number of nitro groups is 1. The van der Waals surface area contributed by atoms with Crippen LogP contribution in [0.3, 0.4) is 0 Å². The highest BCUT2D eigenvalue weighted by Gasteiger charge is 2.23. The Hall–Kier alpha value is -2.94. The summed E-state index contributed by atoms with van der Waals surface area (Å²) in [6.07, 6.45) is 1.32. The van der Waals surface area contributed by atoms with Crippen molar-refractivity contribution in [3.8, 4) is 0 Å². The molecule has 1 saturated heterocycles. The number of rotatable bonds is 5. The maximum absolute atomic E-state index is 12.5. The zero-order valence-corrected chi connectivity index (χ0v) is 14.8. The predicted molar refractivity (Wildman–Crippen MR) is 96.7 cm³/mol. The van der Waals surface area contributed by atoms with Crippen LogP contribution in [0.15, 0.2) is 47.4 Å². The number of hydrogen-bond donors (Lipinski definition) is 1. The van der Waals surface area contributed by atoms with Crippen molar-refractivity contribution in [2.45, 2.75) is 24.7 Å². The molecule has 0 radical (unpaired) electrons. The van der Waals surface area contributed by atoms with Gasteiger partial charge in [-0.15, -0.1) is 0 Å². The Morgan fingerprint density at radius 1 is 1.19 bits per heavy atom. The van der Waals surface area contributed by atoms with Crippen LogP contribution in [0.4, 0.5) is 17.1 Å². The second-order valence-electron chi connectivity index (χ2n) is 6.01. The van der Waals surface area contributed by atoms with Crippen LogP contribution in [0.1, 0.15) is 18.4 Å². The third kappa shape index (κ3) is 3.52. The van der Waals surface area contributed by atoms with Crippen LogP contribution in [0.5, 0.6) is 0 Å². The van der Waals surface area contributed by atoms with Gasteiger partial charge in [-0.2, -0.15) is 0 Å². The van der Waals surface area contributed by atoms with Crippen LogP contribution in [0.2, 0.25) is 0 Å². The van der Waals surface area contributed by atoms with Crippen LogP contribution in [0.25, 0.3) is 0 Å². The van der Waals surface area contributed by atoms with Crippen LogP contribution < -0.4 is 9.62 Å². The molecule has 0 aromatic heterocycles. The monoisotopic (exact) mass is 375 g/mol. The van der Waals surface area contributed by atoms with Gasteiger partial charge in [0.2, 0.25) is 5.91 Å². The first kappa shape index (κ1) is 17.9. The van der Waals surface area contributed by atoms with E-state index in [0.29, 0.717) is 18.7 Å². The van der Waals surface area contributed by atoms with E-state index in [2.05, 4.69) is 4.72 Å². The minimum atomic E-state index is -3.96. The van der Waals surface area contributed by atoms with E-state index < -0.39 is 14.9 Å². The van der Waals surface area contributed by atoms with Crippen molar-refractivity contribution in [3.05, 3.63) is 58.1 Å². The molecule has 3 rings (SSSR count). The molecule has 8 nitrogen and oxygen atoms in total. The van der Waals surface area contributed by atoms with Gasteiger partial charge in [0.1, 0.15) is 0 Å². The van der Waals surface area contributed by atoms with Gasteiger partial charge in [0.25, 0.3) is 15.7 Å². The summed E-state index contributed by atoms with van der Waals surface area (Å²) in [4.78, 5) is 23.6. The molecule has 0 unspecified atom stereocenters. The molecule has 0 atom stereocenters. The minimum Gasteiger partial charge on any atom is -0.312 e. The molecule has 1 fully saturated rings. The molecule has 1 amide bonds. The van der Waals surface area contributed by atoms with Crippen LogP contribution in [-0.2, 0) is 14.8 Å². The van der Waals surface area contributed by atoms with Crippen molar-refractivity contribution in [1.82, 2.24) is 0 Å². The molecule has 2 aromatic carbocycles. The van der Waals surface area contributed by atoms with Gasteiger partial charge >= 0.3 is 0 Å². The Labute approximate surface area is 150 Å². The summed E-state index contributed by atoms with van der Waals surface area (Å²) in [5, 5.41) is 10.8. The summed E-state index contributed by atoms with van der Waals surface area (Å²) in [5.74, 6) is 0.0537. The lowest BCUT2D eigenvalue weighted by molar-refractivity contribution is -0.385. The highest BCUT2D eigenvalue weighted by molar-refractivity contribution is 7.92. The number of nitrogens with zero attached hydrogens (tertiary/aromatic N) is 2. The summed E-state index contributed by atoms with van der Waals surface area (Å²) in [6.45, 7) is 2.45. The number of non-ortho nitro benzene ring substituents is 1. The van der Waals surface area contributed by atoms with Gasteiger partial charge in [-0.1, -0.05) is 6.07 Å². The first-order valence-electron chi connectivity index (χ1n) is 7.96. The van der Waals surface area contributed by atoms with Gasteiger partial charge in [0.15, 0.2) is 0 Å². The van der Waals surface area contributed by atoms with Crippen LogP contribution in [0, 0.1) is 17.0 Å². The van der Waals surface area contributed by atoms with Crippen molar-refractivity contribution in [1.29, 1.82) is 0 Å². The number of amides is 1. The number of nitro benzene ring substituents is 1. The van der Waals surface area contributed by atoms with Crippen LogP contribution in [-0.4, -0.2) is 25.8 Å². The largest absolute Gasteiger partial charge is 0.312 e. The molecule has 9 heteroatoms. The number of anilines is 2. The fraction of sp³-hybridized carbons (Fsp3) is 0.235. The SMILES string of the molecule is Cc1cc(NS(=O)(=O)c2cccc([N+](=O)[O-])c2)ccc1N1CCCC1=O. The third-order valence-corrected chi connectivity index (χ3v) is 5.53. The molecule has 0 saturated carbocycles. The lowest BCUT2D eigenvalue weighted by Gasteiger charge is -2.19. The second kappa shape index (κ2) is 6.75. The molecule has 1 aliphatic rings. The first-order valence-corrected chi connectivity index (χ1v) is 9.44. The zero-order chi connectivity index (χ0) is 18.9. The quantitative estimate of drug-likeness (QED) is 0.638. The average Bonchev–Trinajstić information content (AvgIpc) is 3.00. The summed E-state index contributed by atoms with van der Waals surface area (Å²) >= 11 is 0. The molecule has 2 aromatic rings. The summed E-state index contributed by atoms with van der Waals surface area (Å²) < 4.78 is 27.4. The highest BCUT2D eigenvalue weighted by atomic mass is 32.2. The lowest BCUT2D eigenvalue weighted by Crippen LogP contribution is -2.24. The molecule has 136 valence electrons. The van der Waals surface area contributed by atoms with Gasteiger partial charge in [0.05, 0.1) is 9.82 Å². The van der Waals surface area contributed by atoms with E-state index >= 15 is 0 Å². The molecular formula is C17H17N3O5S. The number of carbonyl (C=O) groups excluding carboxylic acids is 1. The Morgan fingerprint density at radius 2 is 1.96 bits per heavy atom. The fourth-order valence-electron chi connectivity index (χ4n) is 2.90. The van der Waals surface area contributed by atoms with Gasteiger partial charge < -0.3 is 4.90 Å². The molecule has 1 heterocycles. The van der Waals surface area contributed by atoms with E-state index in [0.717, 1.165) is 23.7 Å². The van der Waals surface area contributed by atoms with E-state index in [1.54, 1.807) is 30.0 Å². The first-order chi connectivity index (χ1) is 12.3. The number of aryl methyl sites for hydroxylation is 1. The predicted octanol–water partition coefficient (Wildman–Crippen LogP) is 2.83. The normalized spacial score (nSPS) is 14.5. The summed E-state index contributed by atoms with van der Waals surface area (Å²) in [7, 11) is -3.96. The fourth-order valence-corrected chi connectivity index (χ4v) is 3.99. The Kier molecular flexibility index (Phi) is 4.64.